The molecule has 2 aromatic carbocycles. The number of halogens is 1. The molecule has 1 fully saturated rings. The monoisotopic (exact) mass is 339 g/mol. The molecule has 0 aliphatic heterocycles. The van der Waals surface area contributed by atoms with Gasteiger partial charge in [-0.1, -0.05) is 79.4 Å². The predicted octanol–water partition coefficient (Wildman–Crippen LogP) is 5.33. The molecule has 0 radical (unpaired) electrons. The Balaban J connectivity index is 1.90. The molecule has 1 aliphatic rings. The largest absolute Gasteiger partial charge is 0.349 e. The van der Waals surface area contributed by atoms with Crippen LogP contribution in [0.15, 0.2) is 54.6 Å². The SMILES string of the molecule is O=C(NC1CCCCC1)C(=Cc1ccccc1Cl)c1ccccc1. The first-order chi connectivity index (χ1) is 11.7. The molecule has 2 aromatic rings. The molecule has 1 saturated carbocycles. The maximum absolute atomic E-state index is 12.9. The maximum atomic E-state index is 12.9. The third-order valence-corrected chi connectivity index (χ3v) is 4.82. The van der Waals surface area contributed by atoms with Gasteiger partial charge in [0.15, 0.2) is 0 Å². The van der Waals surface area contributed by atoms with Crippen LogP contribution in [0.3, 0.4) is 0 Å². The second-order valence-electron chi connectivity index (χ2n) is 6.25. The van der Waals surface area contributed by atoms with Crippen LogP contribution >= 0.6 is 11.6 Å². The Morgan fingerprint density at radius 1 is 0.958 bits per heavy atom. The van der Waals surface area contributed by atoms with Crippen LogP contribution in [-0.4, -0.2) is 11.9 Å². The summed E-state index contributed by atoms with van der Waals surface area (Å²) in [6, 6.07) is 17.6. The topological polar surface area (TPSA) is 29.1 Å². The Morgan fingerprint density at radius 3 is 2.33 bits per heavy atom. The number of hydrogen-bond acceptors (Lipinski definition) is 1. The first-order valence-corrected chi connectivity index (χ1v) is 8.94. The number of nitrogens with one attached hydrogen (secondary N) is 1. The molecule has 3 heteroatoms. The minimum Gasteiger partial charge on any atom is -0.349 e. The summed E-state index contributed by atoms with van der Waals surface area (Å²) in [4.78, 5) is 12.9. The average Bonchev–Trinajstić information content (AvgIpc) is 2.62. The third kappa shape index (κ3) is 4.27. The smallest absolute Gasteiger partial charge is 0.252 e. The van der Waals surface area contributed by atoms with E-state index >= 15 is 0 Å². The molecule has 0 atom stereocenters. The van der Waals surface area contributed by atoms with E-state index < -0.39 is 0 Å². The van der Waals surface area contributed by atoms with Crippen LogP contribution in [0.5, 0.6) is 0 Å². The Labute approximate surface area is 148 Å². The maximum Gasteiger partial charge on any atom is 0.252 e. The molecule has 1 aliphatic carbocycles. The minimum atomic E-state index is -0.0204. The Morgan fingerprint density at radius 2 is 1.62 bits per heavy atom. The van der Waals surface area contributed by atoms with Gasteiger partial charge in [0.05, 0.1) is 0 Å². The molecule has 0 heterocycles. The highest BCUT2D eigenvalue weighted by atomic mass is 35.5. The Bertz CT molecular complexity index is 718. The molecule has 24 heavy (non-hydrogen) atoms. The summed E-state index contributed by atoms with van der Waals surface area (Å²) in [6.07, 6.45) is 7.68. The van der Waals surface area contributed by atoms with E-state index in [4.69, 9.17) is 11.6 Å². The highest BCUT2D eigenvalue weighted by molar-refractivity contribution is 6.33. The average molecular weight is 340 g/mol. The standard InChI is InChI=1S/C21H22ClNO/c22-20-14-8-7-11-17(20)15-19(16-9-3-1-4-10-16)21(24)23-18-12-5-2-6-13-18/h1,3-4,7-11,14-15,18H,2,5-6,12-13H2,(H,23,24). The second kappa shape index (κ2) is 8.16. The van der Waals surface area contributed by atoms with Gasteiger partial charge >= 0.3 is 0 Å². The van der Waals surface area contributed by atoms with Gasteiger partial charge < -0.3 is 5.32 Å². The summed E-state index contributed by atoms with van der Waals surface area (Å²) < 4.78 is 0. The van der Waals surface area contributed by atoms with Gasteiger partial charge in [0, 0.05) is 16.6 Å². The molecular formula is C21H22ClNO. The van der Waals surface area contributed by atoms with E-state index in [1.165, 1.54) is 19.3 Å². The molecule has 2 nitrogen and oxygen atoms in total. The zero-order valence-electron chi connectivity index (χ0n) is 13.7. The van der Waals surface area contributed by atoms with Crippen molar-refractivity contribution < 1.29 is 4.79 Å². The lowest BCUT2D eigenvalue weighted by atomic mass is 9.94. The van der Waals surface area contributed by atoms with Crippen LogP contribution in [0.4, 0.5) is 0 Å². The molecular weight excluding hydrogens is 318 g/mol. The number of carbonyl (C=O) groups is 1. The van der Waals surface area contributed by atoms with Crippen molar-refractivity contribution in [3.63, 3.8) is 0 Å². The summed E-state index contributed by atoms with van der Waals surface area (Å²) in [5.41, 5.74) is 2.43. The number of hydrogen-bond donors (Lipinski definition) is 1. The van der Waals surface area contributed by atoms with Crippen LogP contribution in [0.2, 0.25) is 5.02 Å². The van der Waals surface area contributed by atoms with Gasteiger partial charge in [-0.15, -0.1) is 0 Å². The highest BCUT2D eigenvalue weighted by Gasteiger charge is 2.19. The van der Waals surface area contributed by atoms with E-state index in [-0.39, 0.29) is 11.9 Å². The fourth-order valence-corrected chi connectivity index (χ4v) is 3.35. The van der Waals surface area contributed by atoms with Crippen LogP contribution in [-0.2, 0) is 4.79 Å². The molecule has 0 saturated heterocycles. The number of rotatable bonds is 4. The van der Waals surface area contributed by atoms with E-state index in [9.17, 15) is 4.79 Å². The zero-order valence-corrected chi connectivity index (χ0v) is 14.4. The van der Waals surface area contributed by atoms with Crippen molar-refractivity contribution in [1.29, 1.82) is 0 Å². The van der Waals surface area contributed by atoms with Gasteiger partial charge in [0.2, 0.25) is 0 Å². The molecule has 1 amide bonds. The number of carbonyl (C=O) groups excluding carboxylic acids is 1. The quantitative estimate of drug-likeness (QED) is 0.592. The van der Waals surface area contributed by atoms with Gasteiger partial charge in [-0.3, -0.25) is 4.79 Å². The zero-order chi connectivity index (χ0) is 16.8. The van der Waals surface area contributed by atoms with Gasteiger partial charge in [-0.2, -0.15) is 0 Å². The minimum absolute atomic E-state index is 0.0204. The first kappa shape index (κ1) is 16.8. The van der Waals surface area contributed by atoms with E-state index in [2.05, 4.69) is 5.32 Å². The van der Waals surface area contributed by atoms with Crippen LogP contribution in [0, 0.1) is 0 Å². The van der Waals surface area contributed by atoms with Crippen molar-refractivity contribution in [2.24, 2.45) is 0 Å². The normalized spacial score (nSPS) is 16.0. The van der Waals surface area contributed by atoms with Gasteiger partial charge in [0.25, 0.3) is 5.91 Å². The molecule has 3 rings (SSSR count). The lowest BCUT2D eigenvalue weighted by Crippen LogP contribution is -2.36. The molecule has 124 valence electrons. The van der Waals surface area contributed by atoms with Crippen LogP contribution in [0.25, 0.3) is 11.6 Å². The second-order valence-corrected chi connectivity index (χ2v) is 6.66. The van der Waals surface area contributed by atoms with E-state index in [0.29, 0.717) is 10.6 Å². The molecule has 0 spiro atoms. The molecule has 1 N–H and O–H groups in total. The van der Waals surface area contributed by atoms with E-state index in [0.717, 1.165) is 24.0 Å². The Hall–Kier alpha value is -2.06. The number of benzene rings is 2. The van der Waals surface area contributed by atoms with Crippen molar-refractivity contribution in [3.05, 3.63) is 70.7 Å². The number of amides is 1. The summed E-state index contributed by atoms with van der Waals surface area (Å²) in [5.74, 6) is -0.0204. The van der Waals surface area contributed by atoms with Crippen molar-refractivity contribution in [2.45, 2.75) is 38.1 Å². The highest BCUT2D eigenvalue weighted by Crippen LogP contribution is 2.24. The summed E-state index contributed by atoms with van der Waals surface area (Å²) >= 11 is 6.28. The van der Waals surface area contributed by atoms with Crippen LogP contribution in [0.1, 0.15) is 43.2 Å². The van der Waals surface area contributed by atoms with Crippen molar-refractivity contribution >= 4 is 29.2 Å². The Kier molecular flexibility index (Phi) is 5.71. The summed E-state index contributed by atoms with van der Waals surface area (Å²) in [6.45, 7) is 0. The van der Waals surface area contributed by atoms with Crippen molar-refractivity contribution in [1.82, 2.24) is 5.32 Å². The summed E-state index contributed by atoms with van der Waals surface area (Å²) in [7, 11) is 0. The lowest BCUT2D eigenvalue weighted by Gasteiger charge is -2.23. The molecule has 0 bridgehead atoms. The first-order valence-electron chi connectivity index (χ1n) is 8.56. The predicted molar refractivity (Wildman–Crippen MR) is 101 cm³/mol. The fourth-order valence-electron chi connectivity index (χ4n) is 3.16. The summed E-state index contributed by atoms with van der Waals surface area (Å²) in [5, 5.41) is 3.86. The van der Waals surface area contributed by atoms with Crippen molar-refractivity contribution in [2.75, 3.05) is 0 Å². The van der Waals surface area contributed by atoms with Gasteiger partial charge in [-0.25, -0.2) is 0 Å². The fraction of sp³-hybridized carbons (Fsp3) is 0.286. The third-order valence-electron chi connectivity index (χ3n) is 4.47. The van der Waals surface area contributed by atoms with Gasteiger partial charge in [0.1, 0.15) is 0 Å². The van der Waals surface area contributed by atoms with E-state index in [1.807, 2.05) is 60.7 Å². The lowest BCUT2D eigenvalue weighted by molar-refractivity contribution is -0.116. The molecule has 0 aromatic heterocycles. The van der Waals surface area contributed by atoms with Crippen LogP contribution < -0.4 is 5.32 Å². The van der Waals surface area contributed by atoms with Crippen molar-refractivity contribution in [3.8, 4) is 0 Å². The van der Waals surface area contributed by atoms with E-state index in [1.54, 1.807) is 0 Å². The van der Waals surface area contributed by atoms with Gasteiger partial charge in [-0.05, 0) is 36.1 Å². The molecule has 0 unspecified atom stereocenters.